The van der Waals surface area contributed by atoms with Crippen LogP contribution in [0.2, 0.25) is 0 Å². The van der Waals surface area contributed by atoms with Crippen LogP contribution < -0.4 is 10.6 Å². The number of pyridine rings is 1. The molecule has 4 nitrogen and oxygen atoms in total. The lowest BCUT2D eigenvalue weighted by atomic mass is 10.1. The summed E-state index contributed by atoms with van der Waals surface area (Å²) in [6, 6.07) is 9.68. The van der Waals surface area contributed by atoms with Gasteiger partial charge in [0.25, 0.3) is 0 Å². The number of para-hydroxylation sites is 1. The van der Waals surface area contributed by atoms with Crippen molar-refractivity contribution in [2.75, 3.05) is 10.6 Å². The van der Waals surface area contributed by atoms with Gasteiger partial charge in [0.1, 0.15) is 11.9 Å². The number of amides is 1. The SMILES string of the molecule is Cc1cc(Br)cnc1NC(=O)C1Cc2ccccc2N1. The summed E-state index contributed by atoms with van der Waals surface area (Å²) in [5, 5.41) is 6.12. The van der Waals surface area contributed by atoms with E-state index in [1.165, 1.54) is 5.56 Å². The summed E-state index contributed by atoms with van der Waals surface area (Å²) in [6.07, 6.45) is 2.39. The van der Waals surface area contributed by atoms with E-state index in [9.17, 15) is 4.79 Å². The molecule has 2 aromatic rings. The highest BCUT2D eigenvalue weighted by Crippen LogP contribution is 2.26. The summed E-state index contributed by atoms with van der Waals surface area (Å²) in [5.74, 6) is 0.551. The predicted molar refractivity (Wildman–Crippen MR) is 82.9 cm³/mol. The van der Waals surface area contributed by atoms with Gasteiger partial charge in [0.05, 0.1) is 0 Å². The minimum absolute atomic E-state index is 0.0564. The molecule has 3 rings (SSSR count). The summed E-state index contributed by atoms with van der Waals surface area (Å²) < 4.78 is 0.902. The van der Waals surface area contributed by atoms with E-state index in [1.54, 1.807) is 6.20 Å². The molecule has 102 valence electrons. The largest absolute Gasteiger partial charge is 0.373 e. The van der Waals surface area contributed by atoms with Gasteiger partial charge in [0, 0.05) is 22.8 Å². The summed E-state index contributed by atoms with van der Waals surface area (Å²) in [6.45, 7) is 1.92. The Labute approximate surface area is 125 Å². The lowest BCUT2D eigenvalue weighted by molar-refractivity contribution is -0.116. The molecule has 5 heteroatoms. The molecule has 0 saturated carbocycles. The molecule has 0 fully saturated rings. The number of hydrogen-bond acceptors (Lipinski definition) is 3. The van der Waals surface area contributed by atoms with Crippen LogP contribution in [0.3, 0.4) is 0 Å². The normalized spacial score (nSPS) is 16.4. The first-order valence-corrected chi connectivity index (χ1v) is 7.20. The minimum atomic E-state index is -0.239. The van der Waals surface area contributed by atoms with Crippen molar-refractivity contribution in [1.82, 2.24) is 4.98 Å². The number of halogens is 1. The van der Waals surface area contributed by atoms with Crippen molar-refractivity contribution >= 4 is 33.3 Å². The molecule has 1 aliphatic heterocycles. The van der Waals surface area contributed by atoms with Gasteiger partial charge in [0.2, 0.25) is 5.91 Å². The number of fused-ring (bicyclic) bond motifs is 1. The average molecular weight is 332 g/mol. The molecular weight excluding hydrogens is 318 g/mol. The maximum absolute atomic E-state index is 12.3. The van der Waals surface area contributed by atoms with Crippen molar-refractivity contribution in [2.45, 2.75) is 19.4 Å². The first kappa shape index (κ1) is 13.1. The van der Waals surface area contributed by atoms with E-state index in [2.05, 4.69) is 31.5 Å². The highest BCUT2D eigenvalue weighted by atomic mass is 79.9. The molecular formula is C15H14BrN3O. The Balaban J connectivity index is 1.72. The third-order valence-corrected chi connectivity index (χ3v) is 3.81. The number of aromatic nitrogens is 1. The Morgan fingerprint density at radius 2 is 2.25 bits per heavy atom. The van der Waals surface area contributed by atoms with E-state index in [0.717, 1.165) is 15.7 Å². The van der Waals surface area contributed by atoms with Gasteiger partial charge in [-0.2, -0.15) is 0 Å². The second-order valence-electron chi connectivity index (χ2n) is 4.87. The molecule has 1 amide bonds. The van der Waals surface area contributed by atoms with E-state index < -0.39 is 0 Å². The molecule has 1 unspecified atom stereocenters. The van der Waals surface area contributed by atoms with Crippen LogP contribution in [0.5, 0.6) is 0 Å². The van der Waals surface area contributed by atoms with Gasteiger partial charge >= 0.3 is 0 Å². The lowest BCUT2D eigenvalue weighted by Gasteiger charge is -2.13. The summed E-state index contributed by atoms with van der Waals surface area (Å²) in [7, 11) is 0. The molecule has 1 aromatic carbocycles. The van der Waals surface area contributed by atoms with Crippen LogP contribution in [0.25, 0.3) is 0 Å². The maximum atomic E-state index is 12.3. The smallest absolute Gasteiger partial charge is 0.248 e. The van der Waals surface area contributed by atoms with Gasteiger partial charge in [-0.15, -0.1) is 0 Å². The monoisotopic (exact) mass is 331 g/mol. The highest BCUT2D eigenvalue weighted by Gasteiger charge is 2.26. The molecule has 0 aliphatic carbocycles. The van der Waals surface area contributed by atoms with E-state index in [0.29, 0.717) is 12.2 Å². The number of carbonyl (C=O) groups excluding carboxylic acids is 1. The minimum Gasteiger partial charge on any atom is -0.373 e. The zero-order valence-corrected chi connectivity index (χ0v) is 12.6. The number of carbonyl (C=O) groups is 1. The zero-order chi connectivity index (χ0) is 14.1. The van der Waals surface area contributed by atoms with Gasteiger partial charge < -0.3 is 10.6 Å². The van der Waals surface area contributed by atoms with Gasteiger partial charge in [-0.1, -0.05) is 18.2 Å². The first-order chi connectivity index (χ1) is 9.63. The van der Waals surface area contributed by atoms with Crippen LogP contribution in [0.1, 0.15) is 11.1 Å². The number of rotatable bonds is 2. The predicted octanol–water partition coefficient (Wildman–Crippen LogP) is 3.13. The molecule has 0 bridgehead atoms. The van der Waals surface area contributed by atoms with Crippen LogP contribution in [-0.4, -0.2) is 16.9 Å². The molecule has 1 aromatic heterocycles. The number of hydrogen-bond donors (Lipinski definition) is 2. The molecule has 1 aliphatic rings. The number of nitrogens with one attached hydrogen (secondary N) is 2. The fraction of sp³-hybridized carbons (Fsp3) is 0.200. The molecule has 2 heterocycles. The Kier molecular flexibility index (Phi) is 3.44. The Morgan fingerprint density at radius 3 is 3.00 bits per heavy atom. The fourth-order valence-corrected chi connectivity index (χ4v) is 2.78. The summed E-state index contributed by atoms with van der Waals surface area (Å²) >= 11 is 3.36. The van der Waals surface area contributed by atoms with Gasteiger partial charge in [0.15, 0.2) is 0 Å². The fourth-order valence-electron chi connectivity index (χ4n) is 2.33. The molecule has 0 spiro atoms. The van der Waals surface area contributed by atoms with Crippen molar-refractivity contribution in [3.63, 3.8) is 0 Å². The van der Waals surface area contributed by atoms with Crippen molar-refractivity contribution < 1.29 is 4.79 Å². The van der Waals surface area contributed by atoms with Crippen LogP contribution >= 0.6 is 15.9 Å². The summed E-state index contributed by atoms with van der Waals surface area (Å²) in [4.78, 5) is 16.5. The molecule has 20 heavy (non-hydrogen) atoms. The average Bonchev–Trinajstić information content (AvgIpc) is 2.86. The van der Waals surface area contributed by atoms with E-state index in [1.807, 2.05) is 37.3 Å². The van der Waals surface area contributed by atoms with Gasteiger partial charge in [-0.3, -0.25) is 4.79 Å². The molecule has 1 atom stereocenters. The highest BCUT2D eigenvalue weighted by molar-refractivity contribution is 9.10. The molecule has 0 radical (unpaired) electrons. The van der Waals surface area contributed by atoms with Crippen LogP contribution in [0.4, 0.5) is 11.5 Å². The Bertz CT molecular complexity index is 647. The standard InChI is InChI=1S/C15H14BrN3O/c1-9-6-11(16)8-17-14(9)19-15(20)13-7-10-4-2-3-5-12(10)18-13/h2-6,8,13,18H,7H2,1H3,(H,17,19,20). The van der Waals surface area contributed by atoms with Crippen LogP contribution in [-0.2, 0) is 11.2 Å². The third-order valence-electron chi connectivity index (χ3n) is 3.37. The third kappa shape index (κ3) is 2.54. The van der Waals surface area contributed by atoms with Crippen molar-refractivity contribution in [1.29, 1.82) is 0 Å². The van der Waals surface area contributed by atoms with Crippen molar-refractivity contribution in [3.05, 3.63) is 52.1 Å². The number of nitrogens with zero attached hydrogens (tertiary/aromatic N) is 1. The number of benzene rings is 1. The first-order valence-electron chi connectivity index (χ1n) is 6.41. The maximum Gasteiger partial charge on any atom is 0.248 e. The quantitative estimate of drug-likeness (QED) is 0.888. The van der Waals surface area contributed by atoms with E-state index in [-0.39, 0.29) is 11.9 Å². The van der Waals surface area contributed by atoms with Crippen LogP contribution in [0.15, 0.2) is 41.0 Å². The van der Waals surface area contributed by atoms with E-state index >= 15 is 0 Å². The topological polar surface area (TPSA) is 54.0 Å². The second kappa shape index (κ2) is 5.25. The number of anilines is 2. The number of aryl methyl sites for hydroxylation is 1. The van der Waals surface area contributed by atoms with E-state index in [4.69, 9.17) is 0 Å². The Morgan fingerprint density at radius 1 is 1.45 bits per heavy atom. The second-order valence-corrected chi connectivity index (χ2v) is 5.78. The zero-order valence-electron chi connectivity index (χ0n) is 11.0. The van der Waals surface area contributed by atoms with Crippen LogP contribution in [0, 0.1) is 6.92 Å². The molecule has 2 N–H and O–H groups in total. The van der Waals surface area contributed by atoms with Crippen molar-refractivity contribution in [3.8, 4) is 0 Å². The van der Waals surface area contributed by atoms with Crippen molar-refractivity contribution in [2.24, 2.45) is 0 Å². The van der Waals surface area contributed by atoms with Gasteiger partial charge in [-0.05, 0) is 46.1 Å². The molecule has 0 saturated heterocycles. The van der Waals surface area contributed by atoms with Gasteiger partial charge in [-0.25, -0.2) is 4.98 Å². The summed E-state index contributed by atoms with van der Waals surface area (Å²) in [5.41, 5.74) is 3.14. The Hall–Kier alpha value is -1.88. The lowest BCUT2D eigenvalue weighted by Crippen LogP contribution is -2.33.